The second-order valence-corrected chi connectivity index (χ2v) is 9.14. The van der Waals surface area contributed by atoms with E-state index < -0.39 is 23.9 Å². The molecule has 1 unspecified atom stereocenters. The van der Waals surface area contributed by atoms with Gasteiger partial charge in [-0.15, -0.1) is 0 Å². The van der Waals surface area contributed by atoms with Crippen LogP contribution in [0, 0.1) is 0 Å². The Labute approximate surface area is 231 Å². The minimum atomic E-state index is -4.62. The van der Waals surface area contributed by atoms with Crippen molar-refractivity contribution in [1.82, 2.24) is 9.55 Å². The summed E-state index contributed by atoms with van der Waals surface area (Å²) < 4.78 is 63.8. The number of halogens is 3. The molecule has 3 aromatic carbocycles. The molecule has 0 aliphatic carbocycles. The summed E-state index contributed by atoms with van der Waals surface area (Å²) in [7, 11) is 1.59. The van der Waals surface area contributed by atoms with Gasteiger partial charge in [0.05, 0.1) is 48.3 Å². The molecule has 214 valence electrons. The summed E-state index contributed by atoms with van der Waals surface area (Å²) in [4.78, 5) is 29.4. The number of fused-ring (bicyclic) bond motifs is 1. The third-order valence-corrected chi connectivity index (χ3v) is 6.08. The lowest BCUT2D eigenvalue weighted by molar-refractivity contribution is -0.137. The summed E-state index contributed by atoms with van der Waals surface area (Å²) in [5, 5.41) is 5.38. The molecule has 0 radical (unpaired) electrons. The number of rotatable bonds is 7. The molecule has 2 amide bonds. The second kappa shape index (κ2) is 11.9. The van der Waals surface area contributed by atoms with Crippen molar-refractivity contribution in [2.75, 3.05) is 37.1 Å². The molecule has 1 aliphatic heterocycles. The molecule has 2 N–H and O–H groups in total. The fraction of sp³-hybridized carbons (Fsp3) is 0.250. The second-order valence-electron chi connectivity index (χ2n) is 9.14. The first kappa shape index (κ1) is 27.9. The summed E-state index contributed by atoms with van der Waals surface area (Å²) in [6.45, 7) is 1.15. The van der Waals surface area contributed by atoms with Crippen molar-refractivity contribution < 1.29 is 36.9 Å². The number of carbonyl (C=O) groups is 1. The lowest BCUT2D eigenvalue weighted by Gasteiger charge is -2.24. The largest absolute Gasteiger partial charge is 0.489 e. The quantitative estimate of drug-likeness (QED) is 0.315. The van der Waals surface area contributed by atoms with Crippen LogP contribution in [0.2, 0.25) is 0 Å². The van der Waals surface area contributed by atoms with Crippen molar-refractivity contribution in [2.24, 2.45) is 7.05 Å². The Balaban J connectivity index is 1.29. The molecule has 41 heavy (non-hydrogen) atoms. The van der Waals surface area contributed by atoms with E-state index in [9.17, 15) is 22.8 Å². The topological polar surface area (TPSA) is 113 Å². The molecule has 0 saturated carbocycles. The number of alkyl halides is 3. The summed E-state index contributed by atoms with van der Waals surface area (Å²) >= 11 is 0. The number of urea groups is 1. The molecule has 1 atom stereocenters. The molecule has 0 bridgehead atoms. The van der Waals surface area contributed by atoms with Crippen molar-refractivity contribution in [1.29, 1.82) is 0 Å². The SMILES string of the molecule is Cn1cnc2ccc(Oc3cccc(NC(=O)Nc4cc(C(F)(F)F)ccc4OCC4COCCO4)c3)cc2c1=O. The van der Waals surface area contributed by atoms with Crippen molar-refractivity contribution in [2.45, 2.75) is 12.3 Å². The van der Waals surface area contributed by atoms with Crippen LogP contribution in [0.15, 0.2) is 71.8 Å². The molecular formula is C28H25F3N4O6. The van der Waals surface area contributed by atoms with Gasteiger partial charge in [0.15, 0.2) is 0 Å². The van der Waals surface area contributed by atoms with Crippen LogP contribution in [0.1, 0.15) is 5.56 Å². The molecule has 1 saturated heterocycles. The maximum absolute atomic E-state index is 13.4. The van der Waals surface area contributed by atoms with Gasteiger partial charge in [-0.05, 0) is 48.5 Å². The highest BCUT2D eigenvalue weighted by Gasteiger charge is 2.31. The Morgan fingerprint density at radius 3 is 2.68 bits per heavy atom. The molecule has 2 heterocycles. The van der Waals surface area contributed by atoms with Gasteiger partial charge in [0.25, 0.3) is 5.56 Å². The van der Waals surface area contributed by atoms with Gasteiger partial charge >= 0.3 is 12.2 Å². The van der Waals surface area contributed by atoms with Crippen molar-refractivity contribution in [3.63, 3.8) is 0 Å². The molecule has 4 aromatic rings. The number of nitrogens with zero attached hydrogens (tertiary/aromatic N) is 2. The molecule has 5 rings (SSSR count). The summed E-state index contributed by atoms with van der Waals surface area (Å²) in [6, 6.07) is 13.3. The zero-order chi connectivity index (χ0) is 29.0. The number of amides is 2. The van der Waals surface area contributed by atoms with Crippen LogP contribution in [-0.2, 0) is 22.7 Å². The molecule has 0 spiro atoms. The van der Waals surface area contributed by atoms with Crippen molar-refractivity contribution in [3.05, 3.63) is 82.9 Å². The predicted molar refractivity (Wildman–Crippen MR) is 144 cm³/mol. The number of aryl methyl sites for hydroxylation is 1. The average Bonchev–Trinajstić information content (AvgIpc) is 2.95. The van der Waals surface area contributed by atoms with E-state index >= 15 is 0 Å². The minimum Gasteiger partial charge on any atom is -0.489 e. The van der Waals surface area contributed by atoms with Gasteiger partial charge in [0, 0.05) is 18.8 Å². The van der Waals surface area contributed by atoms with Crippen LogP contribution < -0.4 is 25.7 Å². The van der Waals surface area contributed by atoms with Crippen LogP contribution in [0.5, 0.6) is 17.2 Å². The monoisotopic (exact) mass is 570 g/mol. The maximum Gasteiger partial charge on any atom is 0.416 e. The van der Waals surface area contributed by atoms with Crippen LogP contribution in [0.3, 0.4) is 0 Å². The molecule has 1 aromatic heterocycles. The van der Waals surface area contributed by atoms with E-state index in [0.717, 1.165) is 18.2 Å². The molecular weight excluding hydrogens is 545 g/mol. The van der Waals surface area contributed by atoms with Crippen molar-refractivity contribution in [3.8, 4) is 17.2 Å². The first-order chi connectivity index (χ1) is 19.7. The Morgan fingerprint density at radius 1 is 1.07 bits per heavy atom. The normalized spacial score (nSPS) is 15.4. The highest BCUT2D eigenvalue weighted by Crippen LogP contribution is 2.35. The third-order valence-electron chi connectivity index (χ3n) is 6.08. The number of hydrogen-bond donors (Lipinski definition) is 2. The summed E-state index contributed by atoms with van der Waals surface area (Å²) in [6.07, 6.45) is -3.59. The lowest BCUT2D eigenvalue weighted by atomic mass is 10.1. The van der Waals surface area contributed by atoms with E-state index in [-0.39, 0.29) is 30.2 Å². The summed E-state index contributed by atoms with van der Waals surface area (Å²) in [5.74, 6) is 0.763. The van der Waals surface area contributed by atoms with E-state index in [1.165, 1.54) is 17.0 Å². The molecule has 10 nitrogen and oxygen atoms in total. The van der Waals surface area contributed by atoms with Gasteiger partial charge in [-0.25, -0.2) is 9.78 Å². The fourth-order valence-electron chi connectivity index (χ4n) is 4.06. The number of carbonyl (C=O) groups excluding carboxylic acids is 1. The predicted octanol–water partition coefficient (Wildman–Crippen LogP) is 5.18. The highest BCUT2D eigenvalue weighted by atomic mass is 19.4. The van der Waals surface area contributed by atoms with Gasteiger partial charge in [0.2, 0.25) is 0 Å². The highest BCUT2D eigenvalue weighted by molar-refractivity contribution is 6.00. The number of anilines is 2. The smallest absolute Gasteiger partial charge is 0.416 e. The number of aromatic nitrogens is 2. The Morgan fingerprint density at radius 2 is 1.90 bits per heavy atom. The molecule has 1 fully saturated rings. The fourth-order valence-corrected chi connectivity index (χ4v) is 4.06. The minimum absolute atomic E-state index is 0.0258. The number of nitrogens with one attached hydrogen (secondary N) is 2. The van der Waals surface area contributed by atoms with E-state index in [2.05, 4.69) is 15.6 Å². The van der Waals surface area contributed by atoms with Gasteiger partial charge < -0.3 is 34.1 Å². The van der Waals surface area contributed by atoms with Crippen LogP contribution in [-0.4, -0.2) is 48.1 Å². The maximum atomic E-state index is 13.4. The standard InChI is InChI=1S/C28H25F3N4O6/c1-35-16-32-23-7-6-20(13-22(23)26(35)36)41-19-4-2-3-18(12-19)33-27(37)34-24-11-17(28(29,30)31)5-8-25(24)40-15-21-14-38-9-10-39-21/h2-8,11-13,16,21H,9-10,14-15H2,1H3,(H2,33,34,37). The van der Waals surface area contributed by atoms with Crippen molar-refractivity contribution >= 4 is 28.3 Å². The first-order valence-electron chi connectivity index (χ1n) is 12.5. The Kier molecular flexibility index (Phi) is 8.08. The van der Waals surface area contributed by atoms with Gasteiger partial charge in [0.1, 0.15) is 30.0 Å². The van der Waals surface area contributed by atoms with Gasteiger partial charge in [-0.2, -0.15) is 13.2 Å². The third kappa shape index (κ3) is 6.94. The van der Waals surface area contributed by atoms with Crippen LogP contribution in [0.4, 0.5) is 29.3 Å². The van der Waals surface area contributed by atoms with Crippen LogP contribution >= 0.6 is 0 Å². The van der Waals surface area contributed by atoms with Gasteiger partial charge in [-0.3, -0.25) is 4.79 Å². The van der Waals surface area contributed by atoms with Gasteiger partial charge in [-0.1, -0.05) is 6.07 Å². The van der Waals surface area contributed by atoms with Crippen LogP contribution in [0.25, 0.3) is 10.9 Å². The zero-order valence-electron chi connectivity index (χ0n) is 21.7. The number of benzene rings is 3. The molecule has 13 heteroatoms. The lowest BCUT2D eigenvalue weighted by Crippen LogP contribution is -2.33. The van der Waals surface area contributed by atoms with E-state index in [1.807, 2.05) is 0 Å². The summed E-state index contributed by atoms with van der Waals surface area (Å²) in [5.41, 5.74) is -0.531. The zero-order valence-corrected chi connectivity index (χ0v) is 21.7. The Hall–Kier alpha value is -4.62. The van der Waals surface area contributed by atoms with E-state index in [1.54, 1.807) is 43.4 Å². The average molecular weight is 571 g/mol. The Bertz CT molecular complexity index is 1620. The number of hydrogen-bond acceptors (Lipinski definition) is 7. The van der Waals surface area contributed by atoms with E-state index in [4.69, 9.17) is 18.9 Å². The van der Waals surface area contributed by atoms with E-state index in [0.29, 0.717) is 41.3 Å². The first-order valence-corrected chi connectivity index (χ1v) is 12.5. The number of ether oxygens (including phenoxy) is 4. The molecule has 1 aliphatic rings.